The van der Waals surface area contributed by atoms with Crippen LogP contribution in [0.5, 0.6) is 0 Å². The van der Waals surface area contributed by atoms with Crippen molar-refractivity contribution in [2.45, 2.75) is 26.4 Å². The number of piperazine rings is 1. The van der Waals surface area contributed by atoms with Gasteiger partial charge in [0.25, 0.3) is 0 Å². The maximum absolute atomic E-state index is 13.0. The molecule has 166 valence electrons. The normalized spacial score (nSPS) is 17.3. The van der Waals surface area contributed by atoms with Gasteiger partial charge in [0.1, 0.15) is 12.1 Å². The highest BCUT2D eigenvalue weighted by Crippen LogP contribution is 2.25. The fraction of sp³-hybridized carbons (Fsp3) is 0.304. The van der Waals surface area contributed by atoms with Crippen molar-refractivity contribution in [1.29, 1.82) is 0 Å². The number of benzene rings is 1. The summed E-state index contributed by atoms with van der Waals surface area (Å²) in [5.41, 5.74) is 7.50. The van der Waals surface area contributed by atoms with E-state index in [0.29, 0.717) is 35.3 Å². The van der Waals surface area contributed by atoms with E-state index in [2.05, 4.69) is 23.8 Å². The Morgan fingerprint density at radius 2 is 2.03 bits per heavy atom. The average molecular weight is 470 g/mol. The van der Waals surface area contributed by atoms with Crippen molar-refractivity contribution >= 4 is 57.5 Å². The first kappa shape index (κ1) is 22.2. The first-order valence-electron chi connectivity index (χ1n) is 10.3. The van der Waals surface area contributed by atoms with Gasteiger partial charge in [0.2, 0.25) is 0 Å². The van der Waals surface area contributed by atoms with Gasteiger partial charge in [-0.1, -0.05) is 37.6 Å². The summed E-state index contributed by atoms with van der Waals surface area (Å²) in [4.78, 5) is 38.5. The summed E-state index contributed by atoms with van der Waals surface area (Å²) in [5.74, 6) is -0.352. The molecule has 1 atom stereocenters. The Hall–Kier alpha value is -2.97. The minimum atomic E-state index is -0.489. The zero-order valence-corrected chi connectivity index (χ0v) is 19.4. The molecule has 2 amide bonds. The van der Waals surface area contributed by atoms with E-state index in [1.807, 2.05) is 42.5 Å². The Labute approximate surface area is 195 Å². The quantitative estimate of drug-likeness (QED) is 0.554. The van der Waals surface area contributed by atoms with Crippen molar-refractivity contribution in [3.63, 3.8) is 0 Å². The fourth-order valence-electron chi connectivity index (χ4n) is 3.88. The second-order valence-electron chi connectivity index (χ2n) is 8.11. The van der Waals surface area contributed by atoms with Crippen molar-refractivity contribution < 1.29 is 9.59 Å². The first-order chi connectivity index (χ1) is 15.3. The summed E-state index contributed by atoms with van der Waals surface area (Å²) in [7, 11) is 0. The molecule has 0 bridgehead atoms. The van der Waals surface area contributed by atoms with Crippen LogP contribution in [0.1, 0.15) is 24.3 Å². The molecule has 1 aliphatic rings. The van der Waals surface area contributed by atoms with E-state index in [9.17, 15) is 9.59 Å². The third-order valence-electron chi connectivity index (χ3n) is 5.59. The number of carbonyl (C=O) groups excluding carboxylic acids is 2. The standard InChI is InChI=1S/C23H24ClN5O2S/c1-14(2)19-12-28(11-15-5-7-17-18(10-15)26-13-27-21(17)25)22(30)23(31)29(19)9-3-4-16-6-8-20(24)32-16/h3-8,10,13-14,19H,9,11-12H2,1-2H3,(H2,25,26,27). The number of amides is 2. The molecule has 32 heavy (non-hydrogen) atoms. The molecular weight excluding hydrogens is 446 g/mol. The summed E-state index contributed by atoms with van der Waals surface area (Å²) < 4.78 is 0.715. The SMILES string of the molecule is CC(C)C1CN(Cc2ccc3c(N)ncnc3c2)C(=O)C(=O)N1CC=Cc1ccc(Cl)s1. The van der Waals surface area contributed by atoms with Crippen LogP contribution in [-0.2, 0) is 16.1 Å². The maximum atomic E-state index is 13.0. The highest BCUT2D eigenvalue weighted by molar-refractivity contribution is 7.16. The molecule has 1 aliphatic heterocycles. The highest BCUT2D eigenvalue weighted by Gasteiger charge is 2.39. The van der Waals surface area contributed by atoms with Gasteiger partial charge in [0.05, 0.1) is 15.9 Å². The number of hydrogen-bond donors (Lipinski definition) is 1. The molecule has 2 aromatic heterocycles. The minimum absolute atomic E-state index is 0.0739. The number of hydrogen-bond acceptors (Lipinski definition) is 6. The summed E-state index contributed by atoms with van der Waals surface area (Å²) in [6.45, 7) is 5.33. The van der Waals surface area contributed by atoms with Gasteiger partial charge < -0.3 is 15.5 Å². The third kappa shape index (κ3) is 4.61. The van der Waals surface area contributed by atoms with Gasteiger partial charge in [-0.3, -0.25) is 9.59 Å². The zero-order valence-electron chi connectivity index (χ0n) is 17.9. The molecule has 1 unspecified atom stereocenters. The predicted molar refractivity (Wildman–Crippen MR) is 128 cm³/mol. The average Bonchev–Trinajstić information content (AvgIpc) is 3.18. The van der Waals surface area contributed by atoms with Gasteiger partial charge in [0.15, 0.2) is 0 Å². The fourth-order valence-corrected chi connectivity index (χ4v) is 4.88. The molecule has 0 aliphatic carbocycles. The molecule has 3 heterocycles. The lowest BCUT2D eigenvalue weighted by molar-refractivity contribution is -0.160. The van der Waals surface area contributed by atoms with Crippen LogP contribution < -0.4 is 5.73 Å². The van der Waals surface area contributed by atoms with E-state index in [4.69, 9.17) is 17.3 Å². The number of rotatable bonds is 6. The summed E-state index contributed by atoms with van der Waals surface area (Å²) in [6, 6.07) is 9.32. The number of aromatic nitrogens is 2. The zero-order chi connectivity index (χ0) is 22.8. The smallest absolute Gasteiger partial charge is 0.312 e. The number of fused-ring (bicyclic) bond motifs is 1. The van der Waals surface area contributed by atoms with Crippen molar-refractivity contribution in [3.05, 3.63) is 57.5 Å². The molecule has 4 rings (SSSR count). The first-order valence-corrected chi connectivity index (χ1v) is 11.5. The number of nitrogens with zero attached hydrogens (tertiary/aromatic N) is 4. The Kier molecular flexibility index (Phi) is 6.43. The molecular formula is C23H24ClN5O2S. The monoisotopic (exact) mass is 469 g/mol. The summed E-state index contributed by atoms with van der Waals surface area (Å²) in [5, 5.41) is 0.766. The van der Waals surface area contributed by atoms with E-state index >= 15 is 0 Å². The molecule has 7 nitrogen and oxygen atoms in total. The minimum Gasteiger partial charge on any atom is -0.383 e. The number of carbonyl (C=O) groups is 2. The summed E-state index contributed by atoms with van der Waals surface area (Å²) in [6.07, 6.45) is 5.26. The van der Waals surface area contributed by atoms with Crippen LogP contribution in [0.3, 0.4) is 0 Å². The Morgan fingerprint density at radius 3 is 2.75 bits per heavy atom. The second-order valence-corrected chi connectivity index (χ2v) is 9.86. The molecule has 0 saturated carbocycles. The van der Waals surface area contributed by atoms with Crippen molar-refractivity contribution in [1.82, 2.24) is 19.8 Å². The van der Waals surface area contributed by atoms with Crippen LogP contribution in [0, 0.1) is 5.92 Å². The third-order valence-corrected chi connectivity index (χ3v) is 6.79. The van der Waals surface area contributed by atoms with Crippen LogP contribution >= 0.6 is 22.9 Å². The molecule has 3 aromatic rings. The van der Waals surface area contributed by atoms with Crippen molar-refractivity contribution in [3.8, 4) is 0 Å². The molecule has 0 radical (unpaired) electrons. The molecule has 0 spiro atoms. The van der Waals surface area contributed by atoms with E-state index in [1.165, 1.54) is 17.7 Å². The number of nitrogen functional groups attached to an aromatic ring is 1. The van der Waals surface area contributed by atoms with E-state index in [-0.39, 0.29) is 12.0 Å². The van der Waals surface area contributed by atoms with E-state index in [1.54, 1.807) is 9.80 Å². The van der Waals surface area contributed by atoms with Gasteiger partial charge in [-0.25, -0.2) is 9.97 Å². The largest absolute Gasteiger partial charge is 0.383 e. The second kappa shape index (κ2) is 9.26. The van der Waals surface area contributed by atoms with Crippen LogP contribution in [0.15, 0.2) is 42.7 Å². The van der Waals surface area contributed by atoms with Crippen LogP contribution in [0.25, 0.3) is 17.0 Å². The number of halogens is 1. The van der Waals surface area contributed by atoms with Gasteiger partial charge >= 0.3 is 11.8 Å². The van der Waals surface area contributed by atoms with E-state index < -0.39 is 11.8 Å². The van der Waals surface area contributed by atoms with Crippen LogP contribution in [-0.4, -0.2) is 50.7 Å². The van der Waals surface area contributed by atoms with Crippen LogP contribution in [0.4, 0.5) is 5.82 Å². The Balaban J connectivity index is 1.50. The Bertz CT molecular complexity index is 1190. The van der Waals surface area contributed by atoms with Gasteiger partial charge in [-0.15, -0.1) is 11.3 Å². The molecule has 1 fully saturated rings. The molecule has 1 saturated heterocycles. The maximum Gasteiger partial charge on any atom is 0.312 e. The topological polar surface area (TPSA) is 92.4 Å². The number of nitrogens with two attached hydrogens (primary N) is 1. The summed E-state index contributed by atoms with van der Waals surface area (Å²) >= 11 is 7.44. The predicted octanol–water partition coefficient (Wildman–Crippen LogP) is 3.84. The van der Waals surface area contributed by atoms with Crippen molar-refractivity contribution in [2.24, 2.45) is 5.92 Å². The van der Waals surface area contributed by atoms with E-state index in [0.717, 1.165) is 15.8 Å². The molecule has 9 heteroatoms. The lowest BCUT2D eigenvalue weighted by atomic mass is 9.98. The molecule has 2 N–H and O–H groups in total. The van der Waals surface area contributed by atoms with Gasteiger partial charge in [-0.05, 0) is 41.8 Å². The Morgan fingerprint density at radius 1 is 1.22 bits per heavy atom. The van der Waals surface area contributed by atoms with Gasteiger partial charge in [-0.2, -0.15) is 0 Å². The lowest BCUT2D eigenvalue weighted by Crippen LogP contribution is -2.60. The lowest BCUT2D eigenvalue weighted by Gasteiger charge is -2.42. The van der Waals surface area contributed by atoms with Gasteiger partial charge in [0, 0.05) is 29.9 Å². The number of anilines is 1. The molecule has 1 aromatic carbocycles. The highest BCUT2D eigenvalue weighted by atomic mass is 35.5. The van der Waals surface area contributed by atoms with Crippen LogP contribution in [0.2, 0.25) is 4.34 Å². The van der Waals surface area contributed by atoms with Crippen molar-refractivity contribution in [2.75, 3.05) is 18.8 Å². The number of thiophene rings is 1.